The molecular weight excluding hydrogens is 729 g/mol. The zero-order chi connectivity index (χ0) is 29.0. The van der Waals surface area contributed by atoms with Crippen LogP contribution < -0.4 is 5.90 Å². The van der Waals surface area contributed by atoms with Crippen LogP contribution in [-0.2, 0) is 23.9 Å². The summed E-state index contributed by atoms with van der Waals surface area (Å²) in [6, 6.07) is 0. The summed E-state index contributed by atoms with van der Waals surface area (Å²) in [7, 11) is 3.54. The molecule has 2 rings (SSSR count). The van der Waals surface area contributed by atoms with E-state index in [1.807, 2.05) is 41.5 Å². The average molecular weight is 781 g/mol. The van der Waals surface area contributed by atoms with Gasteiger partial charge in [-0.3, -0.25) is 4.79 Å². The first-order chi connectivity index (χ1) is 17.6. The Bertz CT molecular complexity index is 489. The predicted octanol–water partition coefficient (Wildman–Crippen LogP) is 7.98. The van der Waals surface area contributed by atoms with Gasteiger partial charge in [-0.15, -0.1) is 0 Å². The Labute approximate surface area is 249 Å². The van der Waals surface area contributed by atoms with Crippen LogP contribution in [0.3, 0.4) is 0 Å². The van der Waals surface area contributed by atoms with Crippen molar-refractivity contribution in [1.29, 1.82) is 0 Å². The van der Waals surface area contributed by atoms with E-state index in [0.717, 1.165) is 50.5 Å². The molecule has 0 atom stereocenters. The fourth-order valence-corrected chi connectivity index (χ4v) is 3.32. The number of carbonyl (C=O) groups excluding carboxylic acids is 1. The Morgan fingerprint density at radius 2 is 1.14 bits per heavy atom. The Balaban J connectivity index is -0.000000126. The van der Waals surface area contributed by atoms with Gasteiger partial charge < -0.3 is 20.1 Å². The Kier molecular flexibility index (Phi) is 57.4. The van der Waals surface area contributed by atoms with Gasteiger partial charge >= 0.3 is 49.4 Å². The van der Waals surface area contributed by atoms with Crippen molar-refractivity contribution in [2.45, 2.75) is 106 Å². The summed E-state index contributed by atoms with van der Waals surface area (Å²) >= 11 is 4.74. The van der Waals surface area contributed by atoms with Crippen molar-refractivity contribution in [3.05, 3.63) is 0 Å². The van der Waals surface area contributed by atoms with Crippen LogP contribution in [0.2, 0.25) is 0 Å². The molecule has 0 spiro atoms. The third-order valence-electron chi connectivity index (χ3n) is 4.60. The molecule has 0 amide bonds. The molecule has 0 unspecified atom stereocenters. The molecule has 0 saturated heterocycles. The molecule has 36 heavy (non-hydrogen) atoms. The van der Waals surface area contributed by atoms with Crippen LogP contribution in [0.4, 0.5) is 0 Å². The Morgan fingerprint density at radius 3 is 1.44 bits per heavy atom. The van der Waals surface area contributed by atoms with Crippen molar-refractivity contribution < 1.29 is 34.3 Å². The summed E-state index contributed by atoms with van der Waals surface area (Å²) in [5, 5.41) is 26.1. The summed E-state index contributed by atoms with van der Waals surface area (Å²) in [6.45, 7) is 12.0. The van der Waals surface area contributed by atoms with E-state index in [4.69, 9.17) is 15.3 Å². The fourth-order valence-electron chi connectivity index (χ4n) is 3.32. The van der Waals surface area contributed by atoms with E-state index in [-0.39, 0.29) is 11.7 Å². The maximum absolute atomic E-state index is 11.1. The summed E-state index contributed by atoms with van der Waals surface area (Å²) < 4.78 is 0. The second-order valence-corrected chi connectivity index (χ2v) is 18.3. The predicted molar refractivity (Wildman–Crippen MR) is 166 cm³/mol. The molecule has 0 radical (unpaired) electrons. The molecular formula is C24H52I2N4O5V. The van der Waals surface area contributed by atoms with Gasteiger partial charge in [0, 0.05) is 11.8 Å². The molecule has 0 aliphatic heterocycles. The maximum atomic E-state index is 11.1. The van der Waals surface area contributed by atoms with Crippen molar-refractivity contribution in [3.8, 4) is 0 Å². The Morgan fingerprint density at radius 1 is 0.806 bits per heavy atom. The second kappa shape index (κ2) is 45.0. The summed E-state index contributed by atoms with van der Waals surface area (Å²) in [5.41, 5.74) is 0.754. The van der Waals surface area contributed by atoms with Crippen LogP contribution in [0.1, 0.15) is 106 Å². The van der Waals surface area contributed by atoms with Gasteiger partial charge in [-0.25, -0.2) is 5.90 Å². The number of rotatable bonds is 5. The normalized spacial score (nSPS) is 15.2. The first-order valence-electron chi connectivity index (χ1n) is 12.7. The quantitative estimate of drug-likeness (QED) is 0.112. The van der Waals surface area contributed by atoms with Crippen LogP contribution in [0.15, 0.2) is 15.5 Å². The van der Waals surface area contributed by atoms with Crippen LogP contribution >= 0.6 is 40.0 Å². The van der Waals surface area contributed by atoms with Crippen molar-refractivity contribution in [1.82, 2.24) is 0 Å². The van der Waals surface area contributed by atoms with Gasteiger partial charge in [-0.05, 0) is 25.7 Å². The number of nitrogens with two attached hydrogens (primary N) is 1. The van der Waals surface area contributed by atoms with E-state index in [1.54, 1.807) is 0 Å². The first kappa shape index (κ1) is 45.9. The fraction of sp³-hybridized carbons (Fsp3) is 0.833. The molecule has 0 bridgehead atoms. The molecule has 9 nitrogen and oxygen atoms in total. The number of halogens is 2. The topological polar surface area (TPSA) is 139 Å². The van der Waals surface area contributed by atoms with Gasteiger partial charge in [-0.1, -0.05) is 95.5 Å². The standard InChI is InChI=1S/C9H16N2O2.C8H13NO2.3C2H6.CH5NO.2HI.V/c1-13-11-9(7-10-12)8-5-3-2-4-6-8;10-8(6-9-11)7-4-2-1-3-5-7;3*1-2;1-3-2;;;/h7-8,12H,2-6H2,1H3;6-7,11H,1-5H2;3*1-2H3;2H2,1H3;2*1H;/q;;;;;;;;+2/p-2/b10-7?,11-9+;;;;;;;;. The van der Waals surface area contributed by atoms with Crippen LogP contribution in [0, 0.1) is 11.8 Å². The molecule has 2 aliphatic rings. The van der Waals surface area contributed by atoms with Gasteiger partial charge in [-0.2, -0.15) is 0 Å². The summed E-state index contributed by atoms with van der Waals surface area (Å²) in [5.74, 6) is 4.86. The van der Waals surface area contributed by atoms with Crippen LogP contribution in [0.25, 0.3) is 0 Å². The molecule has 2 saturated carbocycles. The zero-order valence-electron chi connectivity index (χ0n) is 23.6. The van der Waals surface area contributed by atoms with E-state index < -0.39 is 0 Å². The Hall–Kier alpha value is 0.0444. The van der Waals surface area contributed by atoms with E-state index in [0.29, 0.717) is 15.4 Å². The molecule has 0 aromatic carbocycles. The number of carbonyl (C=O) groups is 1. The molecule has 217 valence electrons. The van der Waals surface area contributed by atoms with Gasteiger partial charge in [0.25, 0.3) is 0 Å². The first-order valence-corrected chi connectivity index (χ1v) is 21.7. The third-order valence-corrected chi connectivity index (χ3v) is 4.60. The summed E-state index contributed by atoms with van der Waals surface area (Å²) in [6.07, 6.45) is 13.8. The monoisotopic (exact) mass is 781 g/mol. The van der Waals surface area contributed by atoms with Gasteiger partial charge in [0.1, 0.15) is 19.0 Å². The van der Waals surface area contributed by atoms with Crippen molar-refractivity contribution in [2.75, 3.05) is 14.2 Å². The number of hydrogen-bond donors (Lipinski definition) is 3. The third kappa shape index (κ3) is 34.0. The molecule has 12 heteroatoms. The zero-order valence-corrected chi connectivity index (χ0v) is 29.3. The van der Waals surface area contributed by atoms with E-state index in [1.165, 1.54) is 46.1 Å². The number of Topliss-reactive ketones (excluding diaryl/α,β-unsaturated/α-hetero) is 1. The van der Waals surface area contributed by atoms with Crippen LogP contribution in [-0.4, -0.2) is 48.6 Å². The van der Waals surface area contributed by atoms with Crippen LogP contribution in [0.5, 0.6) is 0 Å². The van der Waals surface area contributed by atoms with E-state index in [2.05, 4.69) is 66.2 Å². The van der Waals surface area contributed by atoms with Gasteiger partial charge in [0.05, 0.1) is 13.3 Å². The van der Waals surface area contributed by atoms with Crippen molar-refractivity contribution in [2.24, 2.45) is 33.2 Å². The number of nitrogens with zero attached hydrogens (tertiary/aromatic N) is 3. The number of oxime groups is 3. The molecule has 2 fully saturated rings. The number of hydrogen-bond acceptors (Lipinski definition) is 9. The molecule has 0 heterocycles. The van der Waals surface area contributed by atoms with E-state index >= 15 is 0 Å². The number of ketones is 1. The minimum absolute atomic E-state index is 0.0211. The second-order valence-electron chi connectivity index (χ2n) is 6.56. The van der Waals surface area contributed by atoms with E-state index in [9.17, 15) is 4.79 Å². The SMILES string of the molecule is CC.CC.CC.CO/N=C(\C=NO)C1CCCCC1.CON.O=C(C=NO)C1CCCCC1.[I][V][I]. The molecule has 2 aliphatic carbocycles. The van der Waals surface area contributed by atoms with Crippen molar-refractivity contribution >= 4 is 63.9 Å². The molecule has 4 N–H and O–H groups in total. The average Bonchev–Trinajstić information content (AvgIpc) is 2.94. The van der Waals surface area contributed by atoms with Gasteiger partial charge in [0.2, 0.25) is 0 Å². The summed E-state index contributed by atoms with van der Waals surface area (Å²) in [4.78, 5) is 19.5. The molecule has 0 aromatic rings. The molecule has 0 aromatic heterocycles. The van der Waals surface area contributed by atoms with Gasteiger partial charge in [0.15, 0.2) is 5.78 Å². The van der Waals surface area contributed by atoms with Crippen molar-refractivity contribution in [3.63, 3.8) is 0 Å². The minimum atomic E-state index is -0.0211.